The predicted octanol–water partition coefficient (Wildman–Crippen LogP) is 2.42. The molecule has 0 atom stereocenters. The van der Waals surface area contributed by atoms with E-state index in [1.807, 2.05) is 30.3 Å². The lowest BCUT2D eigenvalue weighted by Gasteiger charge is -2.13. The first-order valence-corrected chi connectivity index (χ1v) is 10.7. The number of fused-ring (bicyclic) bond motifs is 1. The number of benzene rings is 3. The number of hydrogen-bond donors (Lipinski definition) is 2. The number of carbonyl (C=O) groups is 5. The minimum absolute atomic E-state index is 0.0495. The van der Waals surface area contributed by atoms with Crippen LogP contribution in [0.2, 0.25) is 0 Å². The molecule has 1 aliphatic rings. The van der Waals surface area contributed by atoms with Crippen molar-refractivity contribution in [3.63, 3.8) is 0 Å². The summed E-state index contributed by atoms with van der Waals surface area (Å²) in [6.45, 7) is -0.347. The van der Waals surface area contributed by atoms with Crippen molar-refractivity contribution in [1.29, 1.82) is 0 Å². The van der Waals surface area contributed by atoms with Crippen molar-refractivity contribution in [2.24, 2.45) is 5.73 Å². The summed E-state index contributed by atoms with van der Waals surface area (Å²) in [4.78, 5) is 62.3. The molecule has 35 heavy (non-hydrogen) atoms. The van der Waals surface area contributed by atoms with Gasteiger partial charge in [0.25, 0.3) is 17.7 Å². The van der Waals surface area contributed by atoms with Crippen LogP contribution in [0.4, 0.5) is 5.69 Å². The zero-order valence-electron chi connectivity index (χ0n) is 18.5. The summed E-state index contributed by atoms with van der Waals surface area (Å²) in [5.41, 5.74) is 7.24. The molecule has 4 rings (SSSR count). The molecular formula is C26H21N3O6. The average molecular weight is 471 g/mol. The molecular weight excluding hydrogens is 450 g/mol. The summed E-state index contributed by atoms with van der Waals surface area (Å²) in [6, 6.07) is 19.5. The molecule has 0 aromatic heterocycles. The Morgan fingerprint density at radius 2 is 1.49 bits per heavy atom. The number of nitrogens with zero attached hydrogens (tertiary/aromatic N) is 1. The van der Waals surface area contributed by atoms with Gasteiger partial charge in [-0.3, -0.25) is 24.1 Å². The third-order valence-corrected chi connectivity index (χ3v) is 5.46. The lowest BCUT2D eigenvalue weighted by Crippen LogP contribution is -2.31. The highest BCUT2D eigenvalue weighted by Gasteiger charge is 2.35. The second kappa shape index (κ2) is 10.0. The Morgan fingerprint density at radius 1 is 0.829 bits per heavy atom. The van der Waals surface area contributed by atoms with Gasteiger partial charge in [0.2, 0.25) is 5.91 Å². The van der Waals surface area contributed by atoms with E-state index in [1.165, 1.54) is 42.5 Å². The summed E-state index contributed by atoms with van der Waals surface area (Å²) in [6.07, 6.45) is 0.515. The molecule has 1 aliphatic heterocycles. The van der Waals surface area contributed by atoms with E-state index in [-0.39, 0.29) is 28.8 Å². The van der Waals surface area contributed by atoms with E-state index in [0.29, 0.717) is 12.1 Å². The van der Waals surface area contributed by atoms with E-state index < -0.39 is 36.2 Å². The Kier molecular flexibility index (Phi) is 6.68. The highest BCUT2D eigenvalue weighted by molar-refractivity contribution is 6.22. The molecule has 176 valence electrons. The van der Waals surface area contributed by atoms with Gasteiger partial charge in [-0.1, -0.05) is 30.3 Å². The predicted molar refractivity (Wildman–Crippen MR) is 126 cm³/mol. The largest absolute Gasteiger partial charge is 0.452 e. The Hall–Kier alpha value is -4.79. The molecule has 0 radical (unpaired) electrons. The Balaban J connectivity index is 1.35. The van der Waals surface area contributed by atoms with Crippen molar-refractivity contribution in [3.8, 4) is 0 Å². The van der Waals surface area contributed by atoms with Gasteiger partial charge in [0, 0.05) is 17.8 Å². The molecule has 0 saturated heterocycles. The number of anilines is 1. The van der Waals surface area contributed by atoms with Gasteiger partial charge in [0.1, 0.15) is 0 Å². The van der Waals surface area contributed by atoms with E-state index in [9.17, 15) is 24.0 Å². The van der Waals surface area contributed by atoms with Gasteiger partial charge >= 0.3 is 5.97 Å². The SMILES string of the molecule is NC(=O)c1ccc(NC(=O)COC(=O)c2ccc3c(c2)C(=O)N(CCc2ccccc2)C3=O)cc1. The van der Waals surface area contributed by atoms with Crippen molar-refractivity contribution in [3.05, 3.63) is 101 Å². The quantitative estimate of drug-likeness (QED) is 0.383. The van der Waals surface area contributed by atoms with Crippen LogP contribution in [0.15, 0.2) is 72.8 Å². The molecule has 0 fully saturated rings. The smallest absolute Gasteiger partial charge is 0.338 e. The number of primary amides is 1. The molecule has 0 aliphatic carbocycles. The third-order valence-electron chi connectivity index (χ3n) is 5.46. The van der Waals surface area contributed by atoms with Crippen LogP contribution >= 0.6 is 0 Å². The third kappa shape index (κ3) is 5.25. The standard InChI is InChI=1S/C26H21N3O6/c27-23(31)17-6-9-19(10-7-17)28-22(30)15-35-26(34)18-8-11-20-21(14-18)25(33)29(24(20)32)13-12-16-4-2-1-3-5-16/h1-11,14H,12-13,15H2,(H2,27,31)(H,28,30). The van der Waals surface area contributed by atoms with Gasteiger partial charge in [0.05, 0.1) is 16.7 Å². The van der Waals surface area contributed by atoms with Crippen LogP contribution in [0, 0.1) is 0 Å². The number of esters is 1. The van der Waals surface area contributed by atoms with Crippen molar-refractivity contribution in [2.45, 2.75) is 6.42 Å². The highest BCUT2D eigenvalue weighted by atomic mass is 16.5. The first-order chi connectivity index (χ1) is 16.8. The maximum absolute atomic E-state index is 12.8. The first-order valence-electron chi connectivity index (χ1n) is 10.7. The van der Waals surface area contributed by atoms with Crippen molar-refractivity contribution < 1.29 is 28.7 Å². The number of hydrogen-bond acceptors (Lipinski definition) is 6. The molecule has 3 aromatic rings. The van der Waals surface area contributed by atoms with Crippen LogP contribution < -0.4 is 11.1 Å². The van der Waals surface area contributed by atoms with Gasteiger partial charge in [-0.25, -0.2) is 4.79 Å². The number of amides is 4. The molecule has 0 unspecified atom stereocenters. The number of nitrogens with two attached hydrogens (primary N) is 1. The van der Waals surface area contributed by atoms with Crippen LogP contribution in [0.25, 0.3) is 0 Å². The number of ether oxygens (including phenoxy) is 1. The average Bonchev–Trinajstić information content (AvgIpc) is 3.11. The van der Waals surface area contributed by atoms with Crippen LogP contribution in [-0.2, 0) is 16.0 Å². The Bertz CT molecular complexity index is 1320. The Labute approximate surface area is 200 Å². The fourth-order valence-electron chi connectivity index (χ4n) is 3.64. The molecule has 1 heterocycles. The van der Waals surface area contributed by atoms with E-state index in [0.717, 1.165) is 10.5 Å². The van der Waals surface area contributed by atoms with E-state index in [4.69, 9.17) is 10.5 Å². The normalized spacial score (nSPS) is 12.3. The second-order valence-corrected chi connectivity index (χ2v) is 7.82. The summed E-state index contributed by atoms with van der Waals surface area (Å²) in [7, 11) is 0. The molecule has 0 bridgehead atoms. The van der Waals surface area contributed by atoms with Crippen LogP contribution in [0.3, 0.4) is 0 Å². The summed E-state index contributed by atoms with van der Waals surface area (Å²) >= 11 is 0. The van der Waals surface area contributed by atoms with Crippen LogP contribution in [0.1, 0.15) is 47.0 Å². The minimum Gasteiger partial charge on any atom is -0.452 e. The summed E-state index contributed by atoms with van der Waals surface area (Å²) in [5, 5.41) is 2.53. The van der Waals surface area contributed by atoms with Crippen LogP contribution in [0.5, 0.6) is 0 Å². The van der Waals surface area contributed by atoms with Crippen molar-refractivity contribution in [1.82, 2.24) is 4.90 Å². The van der Waals surface area contributed by atoms with Crippen LogP contribution in [-0.4, -0.2) is 47.6 Å². The first kappa shape index (κ1) is 23.4. The second-order valence-electron chi connectivity index (χ2n) is 7.82. The van der Waals surface area contributed by atoms with Crippen molar-refractivity contribution in [2.75, 3.05) is 18.5 Å². The van der Waals surface area contributed by atoms with Crippen molar-refractivity contribution >= 4 is 35.3 Å². The van der Waals surface area contributed by atoms with E-state index in [2.05, 4.69) is 5.32 Å². The number of nitrogens with one attached hydrogen (secondary N) is 1. The molecule has 9 nitrogen and oxygen atoms in total. The lowest BCUT2D eigenvalue weighted by molar-refractivity contribution is -0.119. The molecule has 4 amide bonds. The fraction of sp³-hybridized carbons (Fsp3) is 0.115. The summed E-state index contributed by atoms with van der Waals surface area (Å²) in [5.74, 6) is -2.89. The molecule has 0 saturated carbocycles. The van der Waals surface area contributed by atoms with Gasteiger partial charge < -0.3 is 15.8 Å². The Morgan fingerprint density at radius 3 is 2.17 bits per heavy atom. The topological polar surface area (TPSA) is 136 Å². The van der Waals surface area contributed by atoms with Gasteiger partial charge in [-0.05, 0) is 54.4 Å². The molecule has 9 heteroatoms. The highest BCUT2D eigenvalue weighted by Crippen LogP contribution is 2.24. The van der Waals surface area contributed by atoms with Gasteiger partial charge in [0.15, 0.2) is 6.61 Å². The number of imide groups is 1. The van der Waals surface area contributed by atoms with Gasteiger partial charge in [-0.15, -0.1) is 0 Å². The molecule has 3 N–H and O–H groups in total. The lowest BCUT2D eigenvalue weighted by atomic mass is 10.1. The summed E-state index contributed by atoms with van der Waals surface area (Å²) < 4.78 is 5.04. The number of carbonyl (C=O) groups excluding carboxylic acids is 5. The maximum atomic E-state index is 12.8. The monoisotopic (exact) mass is 471 g/mol. The molecule has 3 aromatic carbocycles. The zero-order chi connectivity index (χ0) is 24.9. The maximum Gasteiger partial charge on any atom is 0.338 e. The zero-order valence-corrected chi connectivity index (χ0v) is 18.5. The minimum atomic E-state index is -0.810. The fourth-order valence-corrected chi connectivity index (χ4v) is 3.64. The van der Waals surface area contributed by atoms with E-state index >= 15 is 0 Å². The molecule has 0 spiro atoms. The number of rotatable bonds is 8. The van der Waals surface area contributed by atoms with Gasteiger partial charge in [-0.2, -0.15) is 0 Å². The van der Waals surface area contributed by atoms with E-state index in [1.54, 1.807) is 0 Å².